The van der Waals surface area contributed by atoms with Gasteiger partial charge in [0.15, 0.2) is 0 Å². The van der Waals surface area contributed by atoms with Crippen LogP contribution in [-0.4, -0.2) is 68.6 Å². The number of carbonyl (C=O) groups excluding carboxylic acids is 2. The molecular formula is C10H16FN3O4S. The smallest absolute Gasteiger partial charge is 0.317 e. The van der Waals surface area contributed by atoms with Crippen molar-refractivity contribution in [2.45, 2.75) is 6.42 Å². The summed E-state index contributed by atoms with van der Waals surface area (Å²) in [6.07, 6.45) is 0.0509. The number of urea groups is 1. The van der Waals surface area contributed by atoms with E-state index in [0.717, 1.165) is 0 Å². The minimum absolute atomic E-state index is 0.0509. The molecule has 0 radical (unpaired) electrons. The van der Waals surface area contributed by atoms with Gasteiger partial charge in [-0.05, 0) is 0 Å². The number of likely N-dealkylation sites (tertiary alicyclic amines) is 1. The quantitative estimate of drug-likeness (QED) is 0.670. The molecule has 0 bridgehead atoms. The third-order valence-corrected chi connectivity index (χ3v) is 4.18. The normalized spacial score (nSPS) is 24.2. The zero-order chi connectivity index (χ0) is 14.0. The minimum Gasteiger partial charge on any atom is -0.341 e. The molecule has 0 aliphatic carbocycles. The van der Waals surface area contributed by atoms with Gasteiger partial charge in [-0.25, -0.2) is 4.79 Å². The lowest BCUT2D eigenvalue weighted by atomic mass is 10.1. The van der Waals surface area contributed by atoms with E-state index in [1.165, 1.54) is 4.90 Å². The van der Waals surface area contributed by atoms with E-state index in [2.05, 4.69) is 5.32 Å². The van der Waals surface area contributed by atoms with Crippen molar-refractivity contribution >= 4 is 22.2 Å². The Morgan fingerprint density at radius 2 is 1.95 bits per heavy atom. The van der Waals surface area contributed by atoms with Crippen LogP contribution in [0.5, 0.6) is 0 Å². The van der Waals surface area contributed by atoms with Crippen molar-refractivity contribution < 1.29 is 21.9 Å². The Kier molecular flexibility index (Phi) is 3.93. The number of carbonyl (C=O) groups is 2. The molecule has 0 saturated carbocycles. The number of rotatable bonds is 5. The predicted octanol–water partition coefficient (Wildman–Crippen LogP) is -0.841. The summed E-state index contributed by atoms with van der Waals surface area (Å²) in [7, 11) is -4.55. The first-order chi connectivity index (χ1) is 8.85. The maximum absolute atomic E-state index is 12.6. The lowest BCUT2D eigenvalue weighted by Gasteiger charge is -2.20. The average molecular weight is 293 g/mol. The van der Waals surface area contributed by atoms with Gasteiger partial charge >= 0.3 is 16.3 Å². The molecule has 2 rings (SSSR count). The Bertz CT molecular complexity index is 481. The fourth-order valence-electron chi connectivity index (χ4n) is 2.43. The summed E-state index contributed by atoms with van der Waals surface area (Å²) in [4.78, 5) is 26.0. The molecule has 19 heavy (non-hydrogen) atoms. The first kappa shape index (κ1) is 14.0. The van der Waals surface area contributed by atoms with Gasteiger partial charge in [-0.1, -0.05) is 0 Å². The van der Waals surface area contributed by atoms with Gasteiger partial charge in [0.2, 0.25) is 5.91 Å². The fourth-order valence-corrected chi connectivity index (χ4v) is 3.22. The number of hydrogen-bond acceptors (Lipinski definition) is 4. The third kappa shape index (κ3) is 3.79. The van der Waals surface area contributed by atoms with Crippen LogP contribution in [0.2, 0.25) is 0 Å². The molecule has 2 aliphatic heterocycles. The molecular weight excluding hydrogens is 277 g/mol. The van der Waals surface area contributed by atoms with Crippen molar-refractivity contribution in [3.63, 3.8) is 0 Å². The molecule has 0 aromatic heterocycles. The van der Waals surface area contributed by atoms with Crippen LogP contribution in [0.4, 0.5) is 8.68 Å². The first-order valence-corrected chi connectivity index (χ1v) is 7.63. The van der Waals surface area contributed by atoms with Crippen molar-refractivity contribution in [1.82, 2.24) is 15.1 Å². The maximum Gasteiger partial charge on any atom is 0.317 e. The summed E-state index contributed by atoms with van der Waals surface area (Å²) in [5.41, 5.74) is 0. The molecule has 7 nitrogen and oxygen atoms in total. The van der Waals surface area contributed by atoms with Crippen molar-refractivity contribution in [3.8, 4) is 0 Å². The van der Waals surface area contributed by atoms with Gasteiger partial charge in [0, 0.05) is 45.1 Å². The molecule has 1 atom stereocenters. The molecule has 0 aromatic carbocycles. The average Bonchev–Trinajstić information content (AvgIpc) is 2.80. The van der Waals surface area contributed by atoms with Crippen molar-refractivity contribution in [3.05, 3.63) is 0 Å². The van der Waals surface area contributed by atoms with Crippen LogP contribution in [0.1, 0.15) is 6.42 Å². The van der Waals surface area contributed by atoms with E-state index in [1.54, 1.807) is 4.90 Å². The van der Waals surface area contributed by atoms with Gasteiger partial charge in [0.05, 0.1) is 5.75 Å². The van der Waals surface area contributed by atoms with Crippen LogP contribution in [0.15, 0.2) is 0 Å². The topological polar surface area (TPSA) is 86.8 Å². The largest absolute Gasteiger partial charge is 0.341 e. The maximum atomic E-state index is 12.6. The Balaban J connectivity index is 1.81. The number of nitrogens with zero attached hydrogens (tertiary/aromatic N) is 2. The van der Waals surface area contributed by atoms with Crippen molar-refractivity contribution in [1.29, 1.82) is 0 Å². The summed E-state index contributed by atoms with van der Waals surface area (Å²) in [5.74, 6) is -1.29. The highest BCUT2D eigenvalue weighted by atomic mass is 32.3. The monoisotopic (exact) mass is 293 g/mol. The van der Waals surface area contributed by atoms with Crippen LogP contribution in [0.3, 0.4) is 0 Å². The standard InChI is InChI=1S/C10H16FN3O4S/c11-19(17,18)7-8-5-9(15)14(6-8)4-3-13-2-1-12-10(13)16/h8H,1-7H2,(H,12,16). The highest BCUT2D eigenvalue weighted by Gasteiger charge is 2.33. The van der Waals surface area contributed by atoms with Gasteiger partial charge in [0.1, 0.15) is 0 Å². The molecule has 2 saturated heterocycles. The Morgan fingerprint density at radius 3 is 2.53 bits per heavy atom. The second-order valence-corrected chi connectivity index (χ2v) is 6.25. The van der Waals surface area contributed by atoms with E-state index in [0.29, 0.717) is 26.2 Å². The highest BCUT2D eigenvalue weighted by molar-refractivity contribution is 7.86. The van der Waals surface area contributed by atoms with Gasteiger partial charge < -0.3 is 15.1 Å². The molecule has 108 valence electrons. The van der Waals surface area contributed by atoms with Crippen LogP contribution in [-0.2, 0) is 15.0 Å². The summed E-state index contributed by atoms with van der Waals surface area (Å²) < 4.78 is 33.7. The molecule has 0 spiro atoms. The summed E-state index contributed by atoms with van der Waals surface area (Å²) in [5, 5.41) is 2.65. The summed E-state index contributed by atoms with van der Waals surface area (Å²) >= 11 is 0. The first-order valence-electron chi connectivity index (χ1n) is 6.08. The molecule has 2 aliphatic rings. The van der Waals surface area contributed by atoms with Gasteiger partial charge in [0.25, 0.3) is 0 Å². The number of halogens is 1. The van der Waals surface area contributed by atoms with Gasteiger partial charge in [-0.15, -0.1) is 3.89 Å². The molecule has 1 N–H and O–H groups in total. The summed E-state index contributed by atoms with van der Waals surface area (Å²) in [6, 6.07) is -0.158. The Morgan fingerprint density at radius 1 is 1.26 bits per heavy atom. The zero-order valence-corrected chi connectivity index (χ0v) is 11.2. The number of amides is 3. The number of nitrogens with one attached hydrogen (secondary N) is 1. The van der Waals surface area contributed by atoms with Gasteiger partial charge in [-0.2, -0.15) is 8.42 Å². The molecule has 2 heterocycles. The lowest BCUT2D eigenvalue weighted by Crippen LogP contribution is -2.37. The third-order valence-electron chi connectivity index (χ3n) is 3.31. The second kappa shape index (κ2) is 5.32. The molecule has 1 unspecified atom stereocenters. The van der Waals surface area contributed by atoms with E-state index >= 15 is 0 Å². The Hall–Kier alpha value is -1.38. The van der Waals surface area contributed by atoms with Crippen LogP contribution < -0.4 is 5.32 Å². The van der Waals surface area contributed by atoms with E-state index in [-0.39, 0.29) is 24.9 Å². The van der Waals surface area contributed by atoms with E-state index in [9.17, 15) is 21.9 Å². The van der Waals surface area contributed by atoms with Crippen molar-refractivity contribution in [2.24, 2.45) is 5.92 Å². The van der Waals surface area contributed by atoms with E-state index in [4.69, 9.17) is 0 Å². The SMILES string of the molecule is O=C1CC(CS(=O)(=O)F)CN1CCN1CCNC1=O. The molecule has 2 fully saturated rings. The number of hydrogen-bond donors (Lipinski definition) is 1. The van der Waals surface area contributed by atoms with Crippen LogP contribution in [0.25, 0.3) is 0 Å². The highest BCUT2D eigenvalue weighted by Crippen LogP contribution is 2.20. The van der Waals surface area contributed by atoms with Gasteiger partial charge in [-0.3, -0.25) is 4.79 Å². The van der Waals surface area contributed by atoms with Crippen LogP contribution in [0, 0.1) is 5.92 Å². The Labute approximate surface area is 110 Å². The van der Waals surface area contributed by atoms with E-state index in [1.807, 2.05) is 0 Å². The predicted molar refractivity (Wildman–Crippen MR) is 64.6 cm³/mol. The molecule has 0 aromatic rings. The fraction of sp³-hybridized carbons (Fsp3) is 0.800. The van der Waals surface area contributed by atoms with Crippen molar-refractivity contribution in [2.75, 3.05) is 38.5 Å². The minimum atomic E-state index is -4.55. The second-order valence-electron chi connectivity index (χ2n) is 4.83. The molecule has 3 amide bonds. The van der Waals surface area contributed by atoms with Crippen LogP contribution >= 0.6 is 0 Å². The lowest BCUT2D eigenvalue weighted by molar-refractivity contribution is -0.127. The zero-order valence-electron chi connectivity index (χ0n) is 10.3. The molecule has 9 heteroatoms. The summed E-state index contributed by atoms with van der Waals surface area (Å²) in [6.45, 7) is 2.19. The van der Waals surface area contributed by atoms with E-state index < -0.39 is 21.9 Å².